The van der Waals surface area contributed by atoms with Gasteiger partial charge in [-0.25, -0.2) is 0 Å². The molecule has 0 amide bonds. The Balaban J connectivity index is 3.16. The molecule has 0 radical (unpaired) electrons. The standard InChI is InChI=1S/C9H19N/c1-3-5-6-7-8-9(10)4-2/h6-7,9H,3-5,8,10H2,1-2H3/b7-6+. The molecule has 0 saturated carbocycles. The maximum atomic E-state index is 5.70. The van der Waals surface area contributed by atoms with Crippen LogP contribution in [0.3, 0.4) is 0 Å². The third-order valence-electron chi connectivity index (χ3n) is 1.59. The summed E-state index contributed by atoms with van der Waals surface area (Å²) < 4.78 is 0. The van der Waals surface area contributed by atoms with Gasteiger partial charge in [-0.2, -0.15) is 0 Å². The van der Waals surface area contributed by atoms with Gasteiger partial charge in [-0.1, -0.05) is 32.4 Å². The van der Waals surface area contributed by atoms with Gasteiger partial charge in [0.25, 0.3) is 0 Å². The first-order valence-corrected chi connectivity index (χ1v) is 4.21. The average Bonchev–Trinajstić information content (AvgIpc) is 1.98. The Kier molecular flexibility index (Phi) is 6.61. The van der Waals surface area contributed by atoms with Gasteiger partial charge in [0, 0.05) is 6.04 Å². The molecule has 1 nitrogen and oxygen atoms in total. The lowest BCUT2D eigenvalue weighted by molar-refractivity contribution is 0.658. The lowest BCUT2D eigenvalue weighted by Crippen LogP contribution is -2.16. The first-order chi connectivity index (χ1) is 4.81. The minimum absolute atomic E-state index is 0.369. The van der Waals surface area contributed by atoms with E-state index in [2.05, 4.69) is 26.0 Å². The van der Waals surface area contributed by atoms with Crippen LogP contribution in [0.15, 0.2) is 12.2 Å². The molecule has 0 spiro atoms. The number of allylic oxidation sites excluding steroid dienone is 1. The van der Waals surface area contributed by atoms with Gasteiger partial charge in [-0.05, 0) is 19.3 Å². The van der Waals surface area contributed by atoms with E-state index in [1.165, 1.54) is 12.8 Å². The number of nitrogens with two attached hydrogens (primary N) is 1. The number of hydrogen-bond acceptors (Lipinski definition) is 1. The molecular weight excluding hydrogens is 122 g/mol. The van der Waals surface area contributed by atoms with Crippen molar-refractivity contribution < 1.29 is 0 Å². The highest BCUT2D eigenvalue weighted by molar-refractivity contribution is 4.84. The third kappa shape index (κ3) is 5.83. The van der Waals surface area contributed by atoms with Gasteiger partial charge >= 0.3 is 0 Å². The Bertz CT molecular complexity index is 86.7. The summed E-state index contributed by atoms with van der Waals surface area (Å²) in [5, 5.41) is 0. The SMILES string of the molecule is CCC/C=C/CC(N)CC. The molecule has 0 aromatic carbocycles. The highest BCUT2D eigenvalue weighted by Crippen LogP contribution is 1.96. The minimum Gasteiger partial charge on any atom is -0.327 e. The van der Waals surface area contributed by atoms with Crippen LogP contribution in [0.25, 0.3) is 0 Å². The van der Waals surface area contributed by atoms with Gasteiger partial charge in [0.1, 0.15) is 0 Å². The maximum absolute atomic E-state index is 5.70. The summed E-state index contributed by atoms with van der Waals surface area (Å²) in [5.41, 5.74) is 5.70. The molecule has 0 aliphatic heterocycles. The average molecular weight is 141 g/mol. The van der Waals surface area contributed by atoms with Crippen molar-refractivity contribution in [3.63, 3.8) is 0 Å². The molecule has 2 N–H and O–H groups in total. The van der Waals surface area contributed by atoms with Crippen molar-refractivity contribution in [2.75, 3.05) is 0 Å². The van der Waals surface area contributed by atoms with E-state index < -0.39 is 0 Å². The number of hydrogen-bond donors (Lipinski definition) is 1. The summed E-state index contributed by atoms with van der Waals surface area (Å²) in [6.07, 6.45) is 8.95. The van der Waals surface area contributed by atoms with Crippen LogP contribution in [-0.2, 0) is 0 Å². The first-order valence-electron chi connectivity index (χ1n) is 4.21. The van der Waals surface area contributed by atoms with E-state index in [1.54, 1.807) is 0 Å². The second kappa shape index (κ2) is 6.81. The Hall–Kier alpha value is -0.300. The van der Waals surface area contributed by atoms with E-state index in [0.29, 0.717) is 6.04 Å². The highest BCUT2D eigenvalue weighted by atomic mass is 14.6. The van der Waals surface area contributed by atoms with Crippen molar-refractivity contribution in [3.8, 4) is 0 Å². The topological polar surface area (TPSA) is 26.0 Å². The fraction of sp³-hybridized carbons (Fsp3) is 0.778. The Morgan fingerprint density at radius 2 is 2.00 bits per heavy atom. The zero-order valence-electron chi connectivity index (χ0n) is 7.14. The van der Waals surface area contributed by atoms with Crippen LogP contribution in [0.2, 0.25) is 0 Å². The molecular formula is C9H19N. The lowest BCUT2D eigenvalue weighted by Gasteiger charge is -2.02. The van der Waals surface area contributed by atoms with Crippen molar-refractivity contribution >= 4 is 0 Å². The highest BCUT2D eigenvalue weighted by Gasteiger charge is 1.92. The quantitative estimate of drug-likeness (QED) is 0.585. The van der Waals surface area contributed by atoms with Crippen molar-refractivity contribution in [1.82, 2.24) is 0 Å². The lowest BCUT2D eigenvalue weighted by atomic mass is 10.1. The van der Waals surface area contributed by atoms with Crippen molar-refractivity contribution in [2.45, 2.75) is 45.6 Å². The van der Waals surface area contributed by atoms with E-state index in [-0.39, 0.29) is 0 Å². The van der Waals surface area contributed by atoms with Crippen LogP contribution in [0, 0.1) is 0 Å². The van der Waals surface area contributed by atoms with Crippen molar-refractivity contribution in [2.24, 2.45) is 5.73 Å². The summed E-state index contributed by atoms with van der Waals surface area (Å²) in [7, 11) is 0. The van der Waals surface area contributed by atoms with Gasteiger partial charge < -0.3 is 5.73 Å². The van der Waals surface area contributed by atoms with Crippen molar-refractivity contribution in [1.29, 1.82) is 0 Å². The van der Waals surface area contributed by atoms with Crippen LogP contribution in [0.1, 0.15) is 39.5 Å². The van der Waals surface area contributed by atoms with Crippen LogP contribution in [-0.4, -0.2) is 6.04 Å². The van der Waals surface area contributed by atoms with E-state index in [1.807, 2.05) is 0 Å². The normalized spacial score (nSPS) is 14.3. The predicted molar refractivity (Wildman–Crippen MR) is 46.9 cm³/mol. The summed E-state index contributed by atoms with van der Waals surface area (Å²) in [5.74, 6) is 0. The summed E-state index contributed by atoms with van der Waals surface area (Å²) in [6.45, 7) is 4.31. The van der Waals surface area contributed by atoms with E-state index >= 15 is 0 Å². The molecule has 0 aromatic heterocycles. The summed E-state index contributed by atoms with van der Waals surface area (Å²) in [6, 6.07) is 0.369. The molecule has 0 aliphatic rings. The van der Waals surface area contributed by atoms with Crippen LogP contribution < -0.4 is 5.73 Å². The maximum Gasteiger partial charge on any atom is 0.00707 e. The fourth-order valence-corrected chi connectivity index (χ4v) is 0.722. The molecule has 10 heavy (non-hydrogen) atoms. The molecule has 0 aliphatic carbocycles. The van der Waals surface area contributed by atoms with Crippen LogP contribution >= 0.6 is 0 Å². The molecule has 0 rings (SSSR count). The fourth-order valence-electron chi connectivity index (χ4n) is 0.722. The Morgan fingerprint density at radius 3 is 2.50 bits per heavy atom. The molecule has 0 saturated heterocycles. The second-order valence-electron chi connectivity index (χ2n) is 2.66. The first kappa shape index (κ1) is 9.70. The van der Waals surface area contributed by atoms with Crippen molar-refractivity contribution in [3.05, 3.63) is 12.2 Å². The molecule has 0 fully saturated rings. The van der Waals surface area contributed by atoms with E-state index in [0.717, 1.165) is 12.8 Å². The van der Waals surface area contributed by atoms with E-state index in [9.17, 15) is 0 Å². The molecule has 1 atom stereocenters. The van der Waals surface area contributed by atoms with Gasteiger partial charge in [-0.15, -0.1) is 0 Å². The summed E-state index contributed by atoms with van der Waals surface area (Å²) >= 11 is 0. The zero-order valence-corrected chi connectivity index (χ0v) is 7.14. The third-order valence-corrected chi connectivity index (χ3v) is 1.59. The molecule has 1 unspecified atom stereocenters. The van der Waals surface area contributed by atoms with Gasteiger partial charge in [-0.3, -0.25) is 0 Å². The van der Waals surface area contributed by atoms with E-state index in [4.69, 9.17) is 5.73 Å². The molecule has 60 valence electrons. The number of unbranched alkanes of at least 4 members (excludes halogenated alkanes) is 1. The second-order valence-corrected chi connectivity index (χ2v) is 2.66. The molecule has 1 heteroatoms. The van der Waals surface area contributed by atoms with Crippen LogP contribution in [0.5, 0.6) is 0 Å². The Morgan fingerprint density at radius 1 is 1.30 bits per heavy atom. The summed E-state index contributed by atoms with van der Waals surface area (Å²) in [4.78, 5) is 0. The largest absolute Gasteiger partial charge is 0.327 e. The van der Waals surface area contributed by atoms with Gasteiger partial charge in [0.2, 0.25) is 0 Å². The molecule has 0 aromatic rings. The number of rotatable bonds is 5. The predicted octanol–water partition coefficient (Wildman–Crippen LogP) is 2.47. The zero-order chi connectivity index (χ0) is 7.82. The monoisotopic (exact) mass is 141 g/mol. The van der Waals surface area contributed by atoms with Crippen LogP contribution in [0.4, 0.5) is 0 Å². The van der Waals surface area contributed by atoms with Gasteiger partial charge in [0.15, 0.2) is 0 Å². The molecule has 0 bridgehead atoms. The Labute approximate surface area is 64.3 Å². The smallest absolute Gasteiger partial charge is 0.00707 e. The molecule has 0 heterocycles. The van der Waals surface area contributed by atoms with Gasteiger partial charge in [0.05, 0.1) is 0 Å². The minimum atomic E-state index is 0.369.